The normalized spacial score (nSPS) is 14.5. The van der Waals surface area contributed by atoms with E-state index in [1.807, 2.05) is 30.5 Å². The van der Waals surface area contributed by atoms with Crippen molar-refractivity contribution < 1.29 is 14.6 Å². The molecule has 0 atom stereocenters. The molecule has 0 radical (unpaired) electrons. The van der Waals surface area contributed by atoms with Crippen molar-refractivity contribution in [1.82, 2.24) is 15.3 Å². The number of aromatic nitrogens is 2. The molecule has 1 aliphatic rings. The zero-order valence-corrected chi connectivity index (χ0v) is 15.5. The quantitative estimate of drug-likeness (QED) is 0.699. The van der Waals surface area contributed by atoms with Gasteiger partial charge in [0.05, 0.1) is 30.0 Å². The van der Waals surface area contributed by atoms with Gasteiger partial charge < -0.3 is 20.1 Å². The molecule has 0 bridgehead atoms. The van der Waals surface area contributed by atoms with E-state index in [2.05, 4.69) is 20.2 Å². The Kier molecular flexibility index (Phi) is 5.28. The average Bonchev–Trinajstić information content (AvgIpc) is 3.16. The van der Waals surface area contributed by atoms with Gasteiger partial charge in [-0.1, -0.05) is 0 Å². The smallest absolute Gasteiger partial charge is 0.251 e. The molecule has 3 heterocycles. The summed E-state index contributed by atoms with van der Waals surface area (Å²) in [5.74, 6) is 0.753. The van der Waals surface area contributed by atoms with Crippen LogP contribution in [0.15, 0.2) is 36.5 Å². The minimum Gasteiger partial charge on any atom is -0.395 e. The van der Waals surface area contributed by atoms with Gasteiger partial charge in [0, 0.05) is 37.0 Å². The number of carbonyl (C=O) groups excluding carboxylic acids is 1. The largest absolute Gasteiger partial charge is 0.395 e. The van der Waals surface area contributed by atoms with Gasteiger partial charge in [-0.2, -0.15) is 0 Å². The fourth-order valence-electron chi connectivity index (χ4n) is 2.95. The summed E-state index contributed by atoms with van der Waals surface area (Å²) in [6.07, 6.45) is 1.84. The molecule has 1 saturated heterocycles. The van der Waals surface area contributed by atoms with E-state index in [1.54, 1.807) is 6.07 Å². The minimum absolute atomic E-state index is 0.0772. The fourth-order valence-corrected chi connectivity index (χ4v) is 3.95. The number of morpholine rings is 1. The fraction of sp³-hybridized carbons (Fsp3) is 0.316. The summed E-state index contributed by atoms with van der Waals surface area (Å²) < 4.78 is 6.32. The summed E-state index contributed by atoms with van der Waals surface area (Å²) in [7, 11) is 0. The lowest BCUT2D eigenvalue weighted by molar-refractivity contribution is 0.0945. The van der Waals surface area contributed by atoms with Crippen molar-refractivity contribution in [3.05, 3.63) is 42.1 Å². The Labute approximate surface area is 160 Å². The van der Waals surface area contributed by atoms with E-state index in [0.717, 1.165) is 52.9 Å². The molecule has 140 valence electrons. The van der Waals surface area contributed by atoms with E-state index in [9.17, 15) is 4.79 Å². The molecule has 1 amide bonds. The number of hydrogen-bond acceptors (Lipinski definition) is 7. The SMILES string of the molecule is O=C(NCCO)c1ccc2nc(-c3ccc(N4CCOCC4)nc3)sc2c1. The van der Waals surface area contributed by atoms with Crippen LogP contribution in [-0.2, 0) is 4.74 Å². The van der Waals surface area contributed by atoms with Gasteiger partial charge in [0.1, 0.15) is 10.8 Å². The van der Waals surface area contributed by atoms with E-state index >= 15 is 0 Å². The predicted molar refractivity (Wildman–Crippen MR) is 105 cm³/mol. The van der Waals surface area contributed by atoms with Crippen molar-refractivity contribution in [2.45, 2.75) is 0 Å². The van der Waals surface area contributed by atoms with Crippen LogP contribution in [0.4, 0.5) is 5.82 Å². The van der Waals surface area contributed by atoms with Crippen LogP contribution < -0.4 is 10.2 Å². The van der Waals surface area contributed by atoms with Crippen molar-refractivity contribution in [1.29, 1.82) is 0 Å². The Bertz CT molecular complexity index is 936. The minimum atomic E-state index is -0.197. The van der Waals surface area contributed by atoms with Crippen molar-refractivity contribution in [3.8, 4) is 10.6 Å². The van der Waals surface area contributed by atoms with Gasteiger partial charge >= 0.3 is 0 Å². The molecule has 7 nitrogen and oxygen atoms in total. The number of benzene rings is 1. The molecule has 8 heteroatoms. The maximum Gasteiger partial charge on any atom is 0.251 e. The number of aliphatic hydroxyl groups is 1. The molecule has 1 fully saturated rings. The summed E-state index contributed by atoms with van der Waals surface area (Å²) in [5, 5.41) is 12.4. The van der Waals surface area contributed by atoms with E-state index in [1.165, 1.54) is 11.3 Å². The summed E-state index contributed by atoms with van der Waals surface area (Å²) in [6.45, 7) is 3.34. The van der Waals surface area contributed by atoms with Crippen LogP contribution in [0.3, 0.4) is 0 Å². The zero-order valence-electron chi connectivity index (χ0n) is 14.7. The number of aliphatic hydroxyl groups excluding tert-OH is 1. The monoisotopic (exact) mass is 384 g/mol. The Hall–Kier alpha value is -2.55. The van der Waals surface area contributed by atoms with Gasteiger partial charge in [0.15, 0.2) is 0 Å². The second-order valence-corrected chi connectivity index (χ2v) is 7.22. The maximum absolute atomic E-state index is 12.1. The Morgan fingerprint density at radius 3 is 2.85 bits per heavy atom. The van der Waals surface area contributed by atoms with Crippen LogP contribution in [0.25, 0.3) is 20.8 Å². The number of anilines is 1. The number of pyridine rings is 1. The first kappa shape index (κ1) is 17.8. The molecule has 0 saturated carbocycles. The summed E-state index contributed by atoms with van der Waals surface area (Å²) in [6, 6.07) is 9.47. The van der Waals surface area contributed by atoms with Gasteiger partial charge in [-0.25, -0.2) is 9.97 Å². The number of amides is 1. The Morgan fingerprint density at radius 2 is 2.11 bits per heavy atom. The number of hydrogen-bond donors (Lipinski definition) is 2. The molecule has 27 heavy (non-hydrogen) atoms. The molecule has 1 aliphatic heterocycles. The second kappa shape index (κ2) is 7.99. The van der Waals surface area contributed by atoms with Crippen LogP contribution >= 0.6 is 11.3 Å². The molecule has 4 rings (SSSR count). The van der Waals surface area contributed by atoms with Crippen LogP contribution in [0.2, 0.25) is 0 Å². The first-order valence-corrected chi connectivity index (χ1v) is 9.65. The van der Waals surface area contributed by atoms with E-state index in [0.29, 0.717) is 5.56 Å². The van der Waals surface area contributed by atoms with Gasteiger partial charge in [-0.3, -0.25) is 4.79 Å². The molecular formula is C19H20N4O3S. The summed E-state index contributed by atoms with van der Waals surface area (Å²) in [5.41, 5.74) is 2.37. The van der Waals surface area contributed by atoms with E-state index in [-0.39, 0.29) is 19.1 Å². The summed E-state index contributed by atoms with van der Waals surface area (Å²) >= 11 is 1.53. The molecule has 3 aromatic rings. The third kappa shape index (κ3) is 3.92. The molecule has 2 N–H and O–H groups in total. The number of carbonyl (C=O) groups is 1. The molecule has 2 aromatic heterocycles. The number of thiazole rings is 1. The highest BCUT2D eigenvalue weighted by atomic mass is 32.1. The van der Waals surface area contributed by atoms with Crippen molar-refractivity contribution in [2.24, 2.45) is 0 Å². The predicted octanol–water partition coefficient (Wildman–Crippen LogP) is 1.92. The molecule has 1 aromatic carbocycles. The highest BCUT2D eigenvalue weighted by Crippen LogP contribution is 2.31. The van der Waals surface area contributed by atoms with Crippen molar-refractivity contribution in [2.75, 3.05) is 44.4 Å². The topological polar surface area (TPSA) is 87.6 Å². The first-order chi connectivity index (χ1) is 13.2. The van der Waals surface area contributed by atoms with Gasteiger partial charge in [-0.15, -0.1) is 11.3 Å². The highest BCUT2D eigenvalue weighted by Gasteiger charge is 2.14. The lowest BCUT2D eigenvalue weighted by atomic mass is 10.2. The lowest BCUT2D eigenvalue weighted by Crippen LogP contribution is -2.36. The Balaban J connectivity index is 1.55. The van der Waals surface area contributed by atoms with E-state index in [4.69, 9.17) is 9.84 Å². The molecular weight excluding hydrogens is 364 g/mol. The second-order valence-electron chi connectivity index (χ2n) is 6.19. The maximum atomic E-state index is 12.1. The van der Waals surface area contributed by atoms with E-state index < -0.39 is 0 Å². The van der Waals surface area contributed by atoms with Gasteiger partial charge in [0.25, 0.3) is 5.91 Å². The number of fused-ring (bicyclic) bond motifs is 1. The van der Waals surface area contributed by atoms with Crippen molar-refractivity contribution >= 4 is 33.3 Å². The molecule has 0 spiro atoms. The van der Waals surface area contributed by atoms with Crippen LogP contribution in [-0.4, -0.2) is 60.4 Å². The molecule has 0 aliphatic carbocycles. The zero-order chi connectivity index (χ0) is 18.6. The van der Waals surface area contributed by atoms with Gasteiger partial charge in [0.2, 0.25) is 0 Å². The standard InChI is InChI=1S/C19H20N4O3S/c24-8-5-20-18(25)13-1-3-15-16(11-13)27-19(22-15)14-2-4-17(21-12-14)23-6-9-26-10-7-23/h1-4,11-12,24H,5-10H2,(H,20,25). The van der Waals surface area contributed by atoms with Crippen molar-refractivity contribution in [3.63, 3.8) is 0 Å². The third-order valence-electron chi connectivity index (χ3n) is 4.38. The number of ether oxygens (including phenoxy) is 1. The van der Waals surface area contributed by atoms with Crippen LogP contribution in [0, 0.1) is 0 Å². The number of nitrogens with one attached hydrogen (secondary N) is 1. The molecule has 0 unspecified atom stereocenters. The summed E-state index contributed by atoms with van der Waals surface area (Å²) in [4.78, 5) is 23.5. The lowest BCUT2D eigenvalue weighted by Gasteiger charge is -2.27. The van der Waals surface area contributed by atoms with Crippen LogP contribution in [0.5, 0.6) is 0 Å². The highest BCUT2D eigenvalue weighted by molar-refractivity contribution is 7.21. The number of nitrogens with zero attached hydrogens (tertiary/aromatic N) is 3. The third-order valence-corrected chi connectivity index (χ3v) is 5.45. The Morgan fingerprint density at radius 1 is 1.26 bits per heavy atom. The number of rotatable bonds is 5. The van der Waals surface area contributed by atoms with Gasteiger partial charge in [-0.05, 0) is 30.3 Å². The van der Waals surface area contributed by atoms with Crippen LogP contribution in [0.1, 0.15) is 10.4 Å². The first-order valence-electron chi connectivity index (χ1n) is 8.83. The average molecular weight is 384 g/mol.